The molecular weight excluding hydrogens is 589 g/mol. The third-order valence-electron chi connectivity index (χ3n) is 7.54. The summed E-state index contributed by atoms with van der Waals surface area (Å²) in [7, 11) is 0. The molecule has 2 aliphatic rings. The Morgan fingerprint density at radius 2 is 1.63 bits per heavy atom. The summed E-state index contributed by atoms with van der Waals surface area (Å²) in [5.41, 5.74) is 4.09. The van der Waals surface area contributed by atoms with Crippen LogP contribution in [0.1, 0.15) is 21.5 Å². The maximum absolute atomic E-state index is 13.7. The number of anilines is 1. The van der Waals surface area contributed by atoms with E-state index in [1.807, 2.05) is 43.3 Å². The van der Waals surface area contributed by atoms with Crippen LogP contribution in [-0.4, -0.2) is 71.3 Å². The monoisotopic (exact) mass is 617 g/mol. The van der Waals surface area contributed by atoms with Crippen molar-refractivity contribution in [1.82, 2.24) is 20.0 Å². The van der Waals surface area contributed by atoms with Gasteiger partial charge in [0, 0.05) is 43.3 Å². The third-order valence-corrected chi connectivity index (χ3v) is 8.09. The van der Waals surface area contributed by atoms with Gasteiger partial charge in [0.05, 0.1) is 16.3 Å². The molecule has 0 atom stereocenters. The molecule has 1 aromatic heterocycles. The van der Waals surface area contributed by atoms with Crippen molar-refractivity contribution in [2.24, 2.45) is 0 Å². The average Bonchev–Trinajstić information content (AvgIpc) is 3.49. The molecule has 3 aromatic carbocycles. The lowest BCUT2D eigenvalue weighted by atomic mass is 10.1. The minimum Gasteiger partial charge on any atom is -0.454 e. The minimum absolute atomic E-state index is 0.114. The van der Waals surface area contributed by atoms with Gasteiger partial charge in [0.2, 0.25) is 12.7 Å². The van der Waals surface area contributed by atoms with Crippen molar-refractivity contribution in [3.05, 3.63) is 99.5 Å². The number of hydrogen-bond donors (Lipinski definition) is 0. The molecule has 2 amide bonds. The van der Waals surface area contributed by atoms with Crippen molar-refractivity contribution in [1.29, 1.82) is 0 Å². The first-order chi connectivity index (χ1) is 20.8. The van der Waals surface area contributed by atoms with Crippen LogP contribution in [0.25, 0.3) is 11.3 Å². The number of amides is 2. The van der Waals surface area contributed by atoms with Gasteiger partial charge < -0.3 is 24.2 Å². The molecule has 6 rings (SSSR count). The molecule has 0 saturated carbocycles. The predicted octanol–water partition coefficient (Wildman–Crippen LogP) is 5.48. The molecular formula is C32H29Cl2N5O4. The van der Waals surface area contributed by atoms with Crippen LogP contribution in [0.5, 0.6) is 11.5 Å². The third kappa shape index (κ3) is 6.53. The SMILES string of the molecule is Cc1ccc(-c2ccc(N3CCN(C(=O)CN(Cc4ccc5c(c4)OCO5)C(=O)c4ccc(Cl)cc4Cl)CC3)nn2)cc1. The van der Waals surface area contributed by atoms with E-state index < -0.39 is 0 Å². The topological polar surface area (TPSA) is 88.1 Å². The van der Waals surface area contributed by atoms with Crippen molar-refractivity contribution < 1.29 is 19.1 Å². The van der Waals surface area contributed by atoms with Gasteiger partial charge >= 0.3 is 0 Å². The van der Waals surface area contributed by atoms with E-state index in [2.05, 4.69) is 27.2 Å². The van der Waals surface area contributed by atoms with E-state index in [0.29, 0.717) is 42.7 Å². The van der Waals surface area contributed by atoms with Crippen molar-refractivity contribution >= 4 is 40.8 Å². The van der Waals surface area contributed by atoms with Gasteiger partial charge in [-0.2, -0.15) is 0 Å². The summed E-state index contributed by atoms with van der Waals surface area (Å²) in [6.07, 6.45) is 0. The summed E-state index contributed by atoms with van der Waals surface area (Å²) in [5.74, 6) is 1.49. The van der Waals surface area contributed by atoms with Crippen molar-refractivity contribution in [2.75, 3.05) is 44.4 Å². The Hall–Kier alpha value is -4.34. The lowest BCUT2D eigenvalue weighted by Gasteiger charge is -2.36. The first-order valence-electron chi connectivity index (χ1n) is 13.9. The molecule has 0 radical (unpaired) electrons. The van der Waals surface area contributed by atoms with Gasteiger partial charge in [0.15, 0.2) is 17.3 Å². The van der Waals surface area contributed by atoms with Gasteiger partial charge in [-0.25, -0.2) is 0 Å². The first-order valence-corrected chi connectivity index (χ1v) is 14.7. The fraction of sp³-hybridized carbons (Fsp3) is 0.250. The number of ether oxygens (including phenoxy) is 2. The summed E-state index contributed by atoms with van der Waals surface area (Å²) in [5, 5.41) is 9.51. The van der Waals surface area contributed by atoms with Crippen LogP contribution >= 0.6 is 23.2 Å². The molecule has 0 unspecified atom stereocenters. The minimum atomic E-state index is -0.365. The van der Waals surface area contributed by atoms with E-state index in [9.17, 15) is 9.59 Å². The zero-order chi connectivity index (χ0) is 29.9. The molecule has 1 saturated heterocycles. The van der Waals surface area contributed by atoms with Crippen LogP contribution in [0.3, 0.4) is 0 Å². The van der Waals surface area contributed by atoms with E-state index in [1.165, 1.54) is 16.5 Å². The maximum Gasteiger partial charge on any atom is 0.256 e. The summed E-state index contributed by atoms with van der Waals surface area (Å²) < 4.78 is 10.9. The van der Waals surface area contributed by atoms with Crippen molar-refractivity contribution in [3.8, 4) is 22.8 Å². The molecule has 0 aliphatic carbocycles. The molecule has 220 valence electrons. The Morgan fingerprint density at radius 3 is 2.35 bits per heavy atom. The van der Waals surface area contributed by atoms with E-state index in [0.717, 1.165) is 22.6 Å². The zero-order valence-corrected chi connectivity index (χ0v) is 25.0. The van der Waals surface area contributed by atoms with Crippen LogP contribution in [-0.2, 0) is 11.3 Å². The van der Waals surface area contributed by atoms with Gasteiger partial charge in [-0.15, -0.1) is 10.2 Å². The van der Waals surface area contributed by atoms with Gasteiger partial charge in [-0.3, -0.25) is 9.59 Å². The van der Waals surface area contributed by atoms with Gasteiger partial charge in [0.1, 0.15) is 6.54 Å². The van der Waals surface area contributed by atoms with E-state index >= 15 is 0 Å². The number of aryl methyl sites for hydroxylation is 1. The highest BCUT2D eigenvalue weighted by molar-refractivity contribution is 6.36. The number of halogens is 2. The lowest BCUT2D eigenvalue weighted by molar-refractivity contribution is -0.132. The largest absolute Gasteiger partial charge is 0.454 e. The fourth-order valence-corrected chi connectivity index (χ4v) is 5.60. The Bertz CT molecular complexity index is 1640. The number of hydrogen-bond acceptors (Lipinski definition) is 7. The number of carbonyl (C=O) groups is 2. The summed E-state index contributed by atoms with van der Waals surface area (Å²) >= 11 is 12.4. The number of rotatable bonds is 7. The first kappa shape index (κ1) is 28.8. The molecule has 1 fully saturated rings. The molecule has 9 nitrogen and oxygen atoms in total. The Morgan fingerprint density at radius 1 is 0.860 bits per heavy atom. The Balaban J connectivity index is 1.12. The van der Waals surface area contributed by atoms with Crippen LogP contribution in [0.15, 0.2) is 72.8 Å². The second-order valence-corrected chi connectivity index (χ2v) is 11.3. The molecule has 11 heteroatoms. The zero-order valence-electron chi connectivity index (χ0n) is 23.5. The van der Waals surface area contributed by atoms with Crippen molar-refractivity contribution in [2.45, 2.75) is 13.5 Å². The number of fused-ring (bicyclic) bond motifs is 1. The summed E-state index contributed by atoms with van der Waals surface area (Å²) in [6, 6.07) is 22.3. The quantitative estimate of drug-likeness (QED) is 0.271. The highest BCUT2D eigenvalue weighted by Crippen LogP contribution is 2.33. The summed E-state index contributed by atoms with van der Waals surface area (Å²) in [6.45, 7) is 4.46. The standard InChI is InChI=1S/C32H29Cl2N5O4/c1-21-2-5-23(6-3-21)27-9-11-30(36-35-27)37-12-14-38(15-13-37)31(40)19-39(32(41)25-8-7-24(33)17-26(25)34)18-22-4-10-28-29(16-22)43-20-42-28/h2-11,16-17H,12-15,18-20H2,1H3. The number of nitrogens with zero attached hydrogens (tertiary/aromatic N) is 5. The van der Waals surface area contributed by atoms with Crippen LogP contribution in [0, 0.1) is 6.92 Å². The molecule has 2 aliphatic heterocycles. The Kier molecular flexibility index (Phi) is 8.35. The van der Waals surface area contributed by atoms with E-state index in [4.69, 9.17) is 32.7 Å². The maximum atomic E-state index is 13.7. The molecule has 0 bridgehead atoms. The van der Waals surface area contributed by atoms with Crippen LogP contribution < -0.4 is 14.4 Å². The second-order valence-electron chi connectivity index (χ2n) is 10.5. The number of piperazine rings is 1. The molecule has 4 aromatic rings. The number of carbonyl (C=O) groups excluding carboxylic acids is 2. The van der Waals surface area contributed by atoms with Crippen molar-refractivity contribution in [3.63, 3.8) is 0 Å². The van der Waals surface area contributed by atoms with Crippen LogP contribution in [0.4, 0.5) is 5.82 Å². The molecule has 0 N–H and O–H groups in total. The van der Waals surface area contributed by atoms with Gasteiger partial charge in [-0.1, -0.05) is 59.1 Å². The molecule has 43 heavy (non-hydrogen) atoms. The highest BCUT2D eigenvalue weighted by atomic mass is 35.5. The second kappa shape index (κ2) is 12.5. The fourth-order valence-electron chi connectivity index (χ4n) is 5.11. The smallest absolute Gasteiger partial charge is 0.256 e. The summed E-state index contributed by atoms with van der Waals surface area (Å²) in [4.78, 5) is 32.6. The van der Waals surface area contributed by atoms with Crippen LogP contribution in [0.2, 0.25) is 10.0 Å². The van der Waals surface area contributed by atoms with E-state index in [1.54, 1.807) is 23.1 Å². The normalized spacial score (nSPS) is 14.1. The molecule has 0 spiro atoms. The van der Waals surface area contributed by atoms with E-state index in [-0.39, 0.29) is 42.3 Å². The average molecular weight is 619 g/mol. The lowest BCUT2D eigenvalue weighted by Crippen LogP contribution is -2.52. The Labute approximate surface area is 259 Å². The number of aromatic nitrogens is 2. The van der Waals surface area contributed by atoms with Gasteiger partial charge in [0.25, 0.3) is 5.91 Å². The van der Waals surface area contributed by atoms with Gasteiger partial charge in [-0.05, 0) is 55.0 Å². The number of benzene rings is 3. The highest BCUT2D eigenvalue weighted by Gasteiger charge is 2.27. The predicted molar refractivity (Wildman–Crippen MR) is 165 cm³/mol. The molecule has 3 heterocycles.